The number of fused-ring (bicyclic) bond motifs is 1. The van der Waals surface area contributed by atoms with Gasteiger partial charge >= 0.3 is 0 Å². The fourth-order valence-corrected chi connectivity index (χ4v) is 2.15. The summed E-state index contributed by atoms with van der Waals surface area (Å²) in [6.45, 7) is 4.16. The second kappa shape index (κ2) is 5.36. The molecular formula is C16H16N4O. The number of hydrogen-bond acceptors (Lipinski definition) is 4. The van der Waals surface area contributed by atoms with E-state index >= 15 is 0 Å². The SMILES string of the molecule is CC(C)c1nc2ccccn2c1N=Nc1cccc(O)c1. The zero-order valence-electron chi connectivity index (χ0n) is 11.9. The molecule has 0 spiro atoms. The van der Waals surface area contributed by atoms with Gasteiger partial charge in [-0.3, -0.25) is 4.40 Å². The van der Waals surface area contributed by atoms with Crippen LogP contribution in [0.25, 0.3) is 5.65 Å². The Balaban J connectivity index is 2.08. The Labute approximate surface area is 122 Å². The molecule has 0 aliphatic carbocycles. The summed E-state index contributed by atoms with van der Waals surface area (Å²) in [4.78, 5) is 4.60. The van der Waals surface area contributed by atoms with Gasteiger partial charge in [0, 0.05) is 12.3 Å². The Hall–Kier alpha value is -2.69. The van der Waals surface area contributed by atoms with Crippen LogP contribution >= 0.6 is 0 Å². The number of azo groups is 1. The average Bonchev–Trinajstić information content (AvgIpc) is 2.84. The van der Waals surface area contributed by atoms with Crippen molar-refractivity contribution in [2.75, 3.05) is 0 Å². The van der Waals surface area contributed by atoms with Crippen LogP contribution in [-0.4, -0.2) is 14.5 Å². The molecule has 0 aliphatic heterocycles. The Morgan fingerprint density at radius 2 is 1.95 bits per heavy atom. The van der Waals surface area contributed by atoms with Gasteiger partial charge in [-0.15, -0.1) is 10.2 Å². The third kappa shape index (κ3) is 2.63. The van der Waals surface area contributed by atoms with Gasteiger partial charge in [-0.25, -0.2) is 4.98 Å². The van der Waals surface area contributed by atoms with Gasteiger partial charge in [-0.1, -0.05) is 26.0 Å². The van der Waals surface area contributed by atoms with Crippen LogP contribution in [0.4, 0.5) is 11.5 Å². The second-order valence-corrected chi connectivity index (χ2v) is 5.12. The number of aromatic nitrogens is 2. The molecule has 5 heteroatoms. The summed E-state index contributed by atoms with van der Waals surface area (Å²) < 4.78 is 1.92. The molecule has 1 N–H and O–H groups in total. The first kappa shape index (κ1) is 13.3. The molecule has 3 aromatic rings. The van der Waals surface area contributed by atoms with Crippen molar-refractivity contribution in [1.29, 1.82) is 0 Å². The maximum absolute atomic E-state index is 9.47. The van der Waals surface area contributed by atoms with Crippen LogP contribution in [0.1, 0.15) is 25.5 Å². The highest BCUT2D eigenvalue weighted by atomic mass is 16.3. The van der Waals surface area contributed by atoms with Crippen LogP contribution in [0.3, 0.4) is 0 Å². The molecular weight excluding hydrogens is 264 g/mol. The van der Waals surface area contributed by atoms with E-state index in [-0.39, 0.29) is 11.7 Å². The van der Waals surface area contributed by atoms with E-state index in [0.717, 1.165) is 17.2 Å². The standard InChI is InChI=1S/C16H16N4O/c1-11(2)15-16(20-9-4-3-8-14(20)17-15)19-18-12-6-5-7-13(21)10-12/h3-11,21H,1-2H3. The molecule has 0 saturated carbocycles. The van der Waals surface area contributed by atoms with Gasteiger partial charge in [0.2, 0.25) is 0 Å². The van der Waals surface area contributed by atoms with Crippen molar-refractivity contribution in [1.82, 2.24) is 9.38 Å². The van der Waals surface area contributed by atoms with Crippen molar-refractivity contribution in [3.05, 3.63) is 54.4 Å². The molecule has 5 nitrogen and oxygen atoms in total. The van der Waals surface area contributed by atoms with E-state index < -0.39 is 0 Å². The van der Waals surface area contributed by atoms with Crippen LogP contribution < -0.4 is 0 Å². The number of hydrogen-bond donors (Lipinski definition) is 1. The lowest BCUT2D eigenvalue weighted by Crippen LogP contribution is -1.87. The molecule has 0 unspecified atom stereocenters. The summed E-state index contributed by atoms with van der Waals surface area (Å²) in [5.74, 6) is 1.15. The van der Waals surface area contributed by atoms with E-state index in [1.165, 1.54) is 0 Å². The molecule has 0 aliphatic rings. The van der Waals surface area contributed by atoms with Crippen LogP contribution in [0, 0.1) is 0 Å². The lowest BCUT2D eigenvalue weighted by atomic mass is 10.1. The van der Waals surface area contributed by atoms with Crippen LogP contribution in [0.2, 0.25) is 0 Å². The molecule has 0 fully saturated rings. The van der Waals surface area contributed by atoms with Crippen molar-refractivity contribution in [2.24, 2.45) is 10.2 Å². The number of imidazole rings is 1. The van der Waals surface area contributed by atoms with Gasteiger partial charge in [-0.2, -0.15) is 0 Å². The number of aromatic hydroxyl groups is 1. The molecule has 0 saturated heterocycles. The normalized spacial score (nSPS) is 11.8. The molecule has 0 atom stereocenters. The minimum absolute atomic E-state index is 0.175. The quantitative estimate of drug-likeness (QED) is 0.714. The zero-order valence-corrected chi connectivity index (χ0v) is 11.9. The predicted molar refractivity (Wildman–Crippen MR) is 81.6 cm³/mol. The maximum atomic E-state index is 9.47. The number of pyridine rings is 1. The smallest absolute Gasteiger partial charge is 0.183 e. The molecule has 2 heterocycles. The zero-order chi connectivity index (χ0) is 14.8. The minimum atomic E-state index is 0.175. The molecule has 106 valence electrons. The van der Waals surface area contributed by atoms with Crippen molar-refractivity contribution < 1.29 is 5.11 Å². The van der Waals surface area contributed by atoms with E-state index in [0.29, 0.717) is 5.69 Å². The number of phenolic OH excluding ortho intramolecular Hbond substituents is 1. The van der Waals surface area contributed by atoms with Crippen molar-refractivity contribution in [3.8, 4) is 5.75 Å². The fraction of sp³-hybridized carbons (Fsp3) is 0.188. The molecule has 21 heavy (non-hydrogen) atoms. The van der Waals surface area contributed by atoms with Gasteiger partial charge in [-0.05, 0) is 30.2 Å². The summed E-state index contributed by atoms with van der Waals surface area (Å²) in [6.07, 6.45) is 1.92. The van der Waals surface area contributed by atoms with Gasteiger partial charge in [0.25, 0.3) is 0 Å². The second-order valence-electron chi connectivity index (χ2n) is 5.12. The highest BCUT2D eigenvalue weighted by Gasteiger charge is 2.14. The Morgan fingerprint density at radius 1 is 1.10 bits per heavy atom. The van der Waals surface area contributed by atoms with Crippen LogP contribution in [-0.2, 0) is 0 Å². The molecule has 0 bridgehead atoms. The van der Waals surface area contributed by atoms with Gasteiger partial charge in [0.1, 0.15) is 11.4 Å². The number of benzene rings is 1. The Morgan fingerprint density at radius 3 is 2.71 bits per heavy atom. The van der Waals surface area contributed by atoms with Crippen molar-refractivity contribution in [2.45, 2.75) is 19.8 Å². The van der Waals surface area contributed by atoms with Crippen molar-refractivity contribution >= 4 is 17.2 Å². The number of phenols is 1. The van der Waals surface area contributed by atoms with Gasteiger partial charge < -0.3 is 5.11 Å². The largest absolute Gasteiger partial charge is 0.508 e. The Bertz CT molecular complexity index is 805. The third-order valence-electron chi connectivity index (χ3n) is 3.17. The first-order valence-electron chi connectivity index (χ1n) is 6.83. The van der Waals surface area contributed by atoms with Crippen LogP contribution in [0.15, 0.2) is 58.9 Å². The summed E-state index contributed by atoms with van der Waals surface area (Å²) in [5.41, 5.74) is 2.37. The minimum Gasteiger partial charge on any atom is -0.508 e. The van der Waals surface area contributed by atoms with E-state index in [2.05, 4.69) is 29.1 Å². The first-order valence-corrected chi connectivity index (χ1v) is 6.83. The van der Waals surface area contributed by atoms with Gasteiger partial charge in [0.15, 0.2) is 5.82 Å². The highest BCUT2D eigenvalue weighted by Crippen LogP contribution is 2.29. The summed E-state index contributed by atoms with van der Waals surface area (Å²) in [7, 11) is 0. The lowest BCUT2D eigenvalue weighted by molar-refractivity contribution is 0.475. The molecule has 0 radical (unpaired) electrons. The summed E-state index contributed by atoms with van der Waals surface area (Å²) >= 11 is 0. The first-order chi connectivity index (χ1) is 10.1. The fourth-order valence-electron chi connectivity index (χ4n) is 2.15. The van der Waals surface area contributed by atoms with E-state index in [1.54, 1.807) is 24.3 Å². The van der Waals surface area contributed by atoms with E-state index in [4.69, 9.17) is 0 Å². The topological polar surface area (TPSA) is 62.2 Å². The van der Waals surface area contributed by atoms with E-state index in [1.807, 2.05) is 28.8 Å². The van der Waals surface area contributed by atoms with Gasteiger partial charge in [0.05, 0.1) is 11.4 Å². The third-order valence-corrected chi connectivity index (χ3v) is 3.17. The lowest BCUT2D eigenvalue weighted by Gasteiger charge is -2.01. The summed E-state index contributed by atoms with van der Waals surface area (Å²) in [6, 6.07) is 12.5. The number of nitrogens with zero attached hydrogens (tertiary/aromatic N) is 4. The molecule has 1 aromatic carbocycles. The summed E-state index contributed by atoms with van der Waals surface area (Å²) in [5, 5.41) is 18.0. The molecule has 2 aromatic heterocycles. The number of rotatable bonds is 3. The maximum Gasteiger partial charge on any atom is 0.183 e. The molecule has 0 amide bonds. The molecule has 3 rings (SSSR count). The van der Waals surface area contributed by atoms with E-state index in [9.17, 15) is 5.11 Å². The van der Waals surface area contributed by atoms with Crippen LogP contribution in [0.5, 0.6) is 5.75 Å². The average molecular weight is 280 g/mol. The Kier molecular flexibility index (Phi) is 3.39. The monoisotopic (exact) mass is 280 g/mol. The predicted octanol–water partition coefficient (Wildman–Crippen LogP) is 4.58. The highest BCUT2D eigenvalue weighted by molar-refractivity contribution is 5.53. The van der Waals surface area contributed by atoms with Crippen molar-refractivity contribution in [3.63, 3.8) is 0 Å².